The molecule has 0 fully saturated rings. The molecule has 8 heteroatoms. The lowest BCUT2D eigenvalue weighted by atomic mass is 10.2. The maximum atomic E-state index is 10.2. The predicted octanol–water partition coefficient (Wildman–Crippen LogP) is 0.195. The quantitative estimate of drug-likeness (QED) is 0.509. The first-order chi connectivity index (χ1) is 6.21. The van der Waals surface area contributed by atoms with Crippen molar-refractivity contribution in [3.63, 3.8) is 0 Å². The Morgan fingerprint density at radius 2 is 1.21 bits per heavy atom. The number of unbranched alkanes of at least 4 members (excludes halogenated alkanes) is 3. The average Bonchev–Trinajstić information content (AvgIpc) is 1.92. The molecule has 0 heterocycles. The van der Waals surface area contributed by atoms with E-state index in [0.717, 1.165) is 0 Å². The van der Waals surface area contributed by atoms with Crippen LogP contribution >= 0.6 is 0 Å². The largest absolute Gasteiger partial charge is 0.294 e. The van der Waals surface area contributed by atoms with Crippen LogP contribution in [0.25, 0.3) is 0 Å². The first kappa shape index (κ1) is 13.8. The van der Waals surface area contributed by atoms with Crippen LogP contribution in [0.2, 0.25) is 0 Å². The van der Waals surface area contributed by atoms with Crippen molar-refractivity contribution < 1.29 is 25.9 Å². The molecular formula is C6H13O6S2. The van der Waals surface area contributed by atoms with Crippen molar-refractivity contribution in [2.75, 3.05) is 11.5 Å². The molecule has 85 valence electrons. The summed E-state index contributed by atoms with van der Waals surface area (Å²) in [6.07, 6.45) is 1.46. The second-order valence-electron chi connectivity index (χ2n) is 2.96. The van der Waals surface area contributed by atoms with Crippen LogP contribution in [-0.2, 0) is 24.8 Å². The van der Waals surface area contributed by atoms with Gasteiger partial charge in [-0.1, -0.05) is 17.4 Å². The van der Waals surface area contributed by atoms with Gasteiger partial charge >= 0.3 is 0 Å². The Hall–Kier alpha value is -0.180. The maximum Gasteiger partial charge on any atom is 0.294 e. The van der Waals surface area contributed by atoms with Gasteiger partial charge < -0.3 is 0 Å². The Labute approximate surface area is 83.8 Å². The second-order valence-corrected chi connectivity index (χ2v) is 6.06. The van der Waals surface area contributed by atoms with Gasteiger partial charge in [0.15, 0.2) is 0 Å². The second kappa shape index (κ2) is 5.64. The molecule has 0 aliphatic carbocycles. The summed E-state index contributed by atoms with van der Waals surface area (Å²) in [6.45, 7) is 0. The van der Waals surface area contributed by atoms with E-state index in [-0.39, 0.29) is 18.6 Å². The molecule has 0 bridgehead atoms. The van der Waals surface area contributed by atoms with Crippen LogP contribution in [0.1, 0.15) is 25.7 Å². The minimum atomic E-state index is -4.16. The highest BCUT2D eigenvalue weighted by Crippen LogP contribution is 2.03. The highest BCUT2D eigenvalue weighted by molar-refractivity contribution is 7.85. The molecule has 0 atom stereocenters. The third kappa shape index (κ3) is 11.8. The standard InChI is InChI=1S/C6H13O6S2/c7-13(8,9)5-3-1-2-4-6-14(10,11)12/h1-6H2,(H,7,8,9). The highest BCUT2D eigenvalue weighted by Gasteiger charge is 2.06. The van der Waals surface area contributed by atoms with Gasteiger partial charge in [-0.3, -0.25) is 4.55 Å². The van der Waals surface area contributed by atoms with Crippen molar-refractivity contribution in [3.05, 3.63) is 0 Å². The van der Waals surface area contributed by atoms with Crippen molar-refractivity contribution in [1.29, 1.82) is 0 Å². The summed E-state index contributed by atoms with van der Waals surface area (Å²) in [5.74, 6) is -0.740. The van der Waals surface area contributed by atoms with E-state index < -0.39 is 26.0 Å². The summed E-state index contributed by atoms with van der Waals surface area (Å²) in [5, 5.41) is 0. The van der Waals surface area contributed by atoms with Gasteiger partial charge in [0.25, 0.3) is 20.2 Å². The van der Waals surface area contributed by atoms with Crippen molar-refractivity contribution in [3.8, 4) is 0 Å². The lowest BCUT2D eigenvalue weighted by Gasteiger charge is -1.98. The lowest BCUT2D eigenvalue weighted by Crippen LogP contribution is -2.04. The minimum absolute atomic E-state index is 0.233. The molecule has 0 aromatic heterocycles. The summed E-state index contributed by atoms with van der Waals surface area (Å²) in [6, 6.07) is 0. The maximum absolute atomic E-state index is 10.2. The summed E-state index contributed by atoms with van der Waals surface area (Å²) < 4.78 is 59.2. The Morgan fingerprint density at radius 3 is 1.57 bits per heavy atom. The van der Waals surface area contributed by atoms with E-state index in [4.69, 9.17) is 4.55 Å². The van der Waals surface area contributed by atoms with E-state index in [2.05, 4.69) is 0 Å². The van der Waals surface area contributed by atoms with Crippen LogP contribution < -0.4 is 0 Å². The zero-order valence-electron chi connectivity index (χ0n) is 7.55. The zero-order chi connectivity index (χ0) is 11.2. The smallest absolute Gasteiger partial charge is 0.286 e. The van der Waals surface area contributed by atoms with Gasteiger partial charge in [-0.2, -0.15) is 16.8 Å². The Bertz CT molecular complexity index is 305. The summed E-state index contributed by atoms with van der Waals surface area (Å²) in [4.78, 5) is 0. The van der Waals surface area contributed by atoms with Crippen LogP contribution in [-0.4, -0.2) is 32.9 Å². The molecule has 6 nitrogen and oxygen atoms in total. The zero-order valence-corrected chi connectivity index (χ0v) is 9.18. The molecule has 0 unspecified atom stereocenters. The van der Waals surface area contributed by atoms with E-state index >= 15 is 0 Å². The lowest BCUT2D eigenvalue weighted by molar-refractivity contribution is 0.412. The van der Waals surface area contributed by atoms with Gasteiger partial charge in [0.2, 0.25) is 0 Å². The Balaban J connectivity index is 3.41. The molecule has 1 radical (unpaired) electrons. The molecule has 0 aliphatic heterocycles. The van der Waals surface area contributed by atoms with Gasteiger partial charge in [-0.25, -0.2) is 0 Å². The van der Waals surface area contributed by atoms with Crippen LogP contribution in [0.3, 0.4) is 0 Å². The van der Waals surface area contributed by atoms with Gasteiger partial charge in [-0.15, -0.1) is 0 Å². The van der Waals surface area contributed by atoms with Gasteiger partial charge in [-0.05, 0) is 12.8 Å². The van der Waals surface area contributed by atoms with E-state index in [9.17, 15) is 21.4 Å². The summed E-state index contributed by atoms with van der Waals surface area (Å²) in [7, 11) is -8.08. The number of rotatable bonds is 7. The summed E-state index contributed by atoms with van der Waals surface area (Å²) in [5.41, 5.74) is 0. The topological polar surface area (TPSA) is 108 Å². The molecule has 0 rings (SSSR count). The molecule has 14 heavy (non-hydrogen) atoms. The van der Waals surface area contributed by atoms with Crippen LogP contribution in [0.4, 0.5) is 0 Å². The van der Waals surface area contributed by atoms with E-state index in [1.807, 2.05) is 0 Å². The number of hydrogen-bond acceptors (Lipinski definition) is 4. The normalized spacial score (nSPS) is 13.0. The Kier molecular flexibility index (Phi) is 5.57. The molecule has 0 aromatic rings. The monoisotopic (exact) mass is 245 g/mol. The molecule has 0 saturated heterocycles. The average molecular weight is 245 g/mol. The van der Waals surface area contributed by atoms with Crippen LogP contribution in [0.15, 0.2) is 0 Å². The third-order valence-corrected chi connectivity index (χ3v) is 3.14. The van der Waals surface area contributed by atoms with E-state index in [0.29, 0.717) is 12.8 Å². The molecule has 1 N–H and O–H groups in total. The van der Waals surface area contributed by atoms with Crippen LogP contribution in [0.5, 0.6) is 0 Å². The van der Waals surface area contributed by atoms with Crippen molar-refractivity contribution in [1.82, 2.24) is 0 Å². The molecule has 0 aliphatic rings. The molecule has 0 spiro atoms. The first-order valence-corrected chi connectivity index (χ1v) is 7.28. The fourth-order valence-corrected chi connectivity index (χ4v) is 2.04. The molecular weight excluding hydrogens is 232 g/mol. The highest BCUT2D eigenvalue weighted by atomic mass is 32.2. The third-order valence-electron chi connectivity index (χ3n) is 1.55. The van der Waals surface area contributed by atoms with E-state index in [1.54, 1.807) is 0 Å². The van der Waals surface area contributed by atoms with Gasteiger partial charge in [0.05, 0.1) is 11.5 Å². The van der Waals surface area contributed by atoms with Gasteiger partial charge in [0, 0.05) is 0 Å². The Morgan fingerprint density at radius 1 is 0.786 bits per heavy atom. The first-order valence-electron chi connectivity index (χ1n) is 4.09. The van der Waals surface area contributed by atoms with E-state index in [1.165, 1.54) is 0 Å². The number of hydrogen-bond donors (Lipinski definition) is 1. The van der Waals surface area contributed by atoms with Gasteiger partial charge in [0.1, 0.15) is 0 Å². The van der Waals surface area contributed by atoms with Crippen molar-refractivity contribution in [2.45, 2.75) is 25.7 Å². The fraction of sp³-hybridized carbons (Fsp3) is 1.00. The fourth-order valence-electron chi connectivity index (χ4n) is 0.917. The molecule has 0 aromatic carbocycles. The summed E-state index contributed by atoms with van der Waals surface area (Å²) >= 11 is 0. The van der Waals surface area contributed by atoms with Crippen molar-refractivity contribution >= 4 is 20.2 Å². The minimum Gasteiger partial charge on any atom is -0.286 e. The molecule has 0 amide bonds. The molecule has 0 saturated carbocycles. The van der Waals surface area contributed by atoms with Crippen molar-refractivity contribution in [2.24, 2.45) is 0 Å². The van der Waals surface area contributed by atoms with Crippen LogP contribution in [0, 0.1) is 0 Å². The predicted molar refractivity (Wildman–Crippen MR) is 49.4 cm³/mol. The SMILES string of the molecule is [O]S(=O)(=O)CCCCCCS(=O)(=O)O.